The van der Waals surface area contributed by atoms with Gasteiger partial charge < -0.3 is 9.30 Å². The lowest BCUT2D eigenvalue weighted by Gasteiger charge is -2.25. The first-order valence-electron chi connectivity index (χ1n) is 7.85. The highest BCUT2D eigenvalue weighted by Gasteiger charge is 2.25. The summed E-state index contributed by atoms with van der Waals surface area (Å²) in [5.74, 6) is 2.99. The van der Waals surface area contributed by atoms with E-state index in [1.165, 1.54) is 32.1 Å². The molecule has 0 N–H and O–H groups in total. The van der Waals surface area contributed by atoms with Crippen molar-refractivity contribution in [3.8, 4) is 5.75 Å². The van der Waals surface area contributed by atoms with Gasteiger partial charge in [0.2, 0.25) is 0 Å². The summed E-state index contributed by atoms with van der Waals surface area (Å²) in [7, 11) is 1.71. The number of rotatable bonds is 3. The molecule has 0 radical (unpaired) electrons. The molecule has 21 heavy (non-hydrogen) atoms. The van der Waals surface area contributed by atoms with Gasteiger partial charge >= 0.3 is 0 Å². The molecule has 2 atom stereocenters. The second-order valence-corrected chi connectivity index (χ2v) is 6.34. The zero-order chi connectivity index (χ0) is 14.8. The number of methoxy groups -OCH3 is 1. The van der Waals surface area contributed by atoms with E-state index in [0.29, 0.717) is 17.8 Å². The Morgan fingerprint density at radius 1 is 1.29 bits per heavy atom. The van der Waals surface area contributed by atoms with E-state index in [1.807, 2.05) is 12.1 Å². The largest absolute Gasteiger partial charge is 0.497 e. The number of hydrogen-bond acceptors (Lipinski definition) is 2. The summed E-state index contributed by atoms with van der Waals surface area (Å²) in [4.78, 5) is 4.72. The number of ether oxygens (including phenoxy) is 1. The first-order valence-corrected chi connectivity index (χ1v) is 8.39. The molecule has 3 rings (SSSR count). The molecule has 1 fully saturated rings. The zero-order valence-corrected chi connectivity index (χ0v) is 13.6. The molecule has 0 saturated heterocycles. The zero-order valence-electron chi connectivity index (χ0n) is 12.8. The molecule has 1 aromatic heterocycles. The number of halogens is 1. The summed E-state index contributed by atoms with van der Waals surface area (Å²) in [5.41, 5.74) is 2.17. The van der Waals surface area contributed by atoms with Gasteiger partial charge in [0.05, 0.1) is 24.0 Å². The van der Waals surface area contributed by atoms with Crippen LogP contribution in [0, 0.1) is 5.92 Å². The van der Waals surface area contributed by atoms with Crippen molar-refractivity contribution in [2.24, 2.45) is 5.92 Å². The normalized spacial score (nSPS) is 23.2. The van der Waals surface area contributed by atoms with E-state index in [0.717, 1.165) is 22.6 Å². The maximum atomic E-state index is 6.17. The molecule has 3 nitrogen and oxygen atoms in total. The summed E-state index contributed by atoms with van der Waals surface area (Å²) in [6, 6.07) is 6.59. The number of imidazole rings is 1. The summed E-state index contributed by atoms with van der Waals surface area (Å²) >= 11 is 6.17. The molecule has 1 aliphatic carbocycles. The molecular weight excluding hydrogens is 284 g/mol. The third kappa shape index (κ3) is 2.76. The van der Waals surface area contributed by atoms with Crippen LogP contribution in [-0.4, -0.2) is 16.7 Å². The molecule has 0 aliphatic heterocycles. The average molecular weight is 307 g/mol. The van der Waals surface area contributed by atoms with Gasteiger partial charge in [0.15, 0.2) is 0 Å². The number of aromatic nitrogens is 2. The summed E-state index contributed by atoms with van der Waals surface area (Å²) in [6.07, 6.45) is 6.47. The van der Waals surface area contributed by atoms with Crippen LogP contribution in [0.15, 0.2) is 18.2 Å². The van der Waals surface area contributed by atoms with E-state index in [1.54, 1.807) is 7.11 Å². The van der Waals surface area contributed by atoms with Crippen LogP contribution in [-0.2, 0) is 5.88 Å². The third-order valence-electron chi connectivity index (χ3n) is 4.74. The van der Waals surface area contributed by atoms with Crippen LogP contribution in [0.2, 0.25) is 0 Å². The van der Waals surface area contributed by atoms with Crippen LogP contribution >= 0.6 is 11.6 Å². The van der Waals surface area contributed by atoms with E-state index >= 15 is 0 Å². The first-order chi connectivity index (χ1) is 10.2. The van der Waals surface area contributed by atoms with Crippen molar-refractivity contribution in [2.75, 3.05) is 7.11 Å². The van der Waals surface area contributed by atoms with Crippen molar-refractivity contribution in [3.05, 3.63) is 24.0 Å². The monoisotopic (exact) mass is 306 g/mol. The van der Waals surface area contributed by atoms with Gasteiger partial charge in [0.1, 0.15) is 11.6 Å². The van der Waals surface area contributed by atoms with Crippen molar-refractivity contribution in [1.82, 2.24) is 9.55 Å². The van der Waals surface area contributed by atoms with E-state index in [4.69, 9.17) is 21.3 Å². The molecule has 2 aromatic rings. The van der Waals surface area contributed by atoms with E-state index in [9.17, 15) is 0 Å². The molecule has 0 bridgehead atoms. The van der Waals surface area contributed by atoms with Gasteiger partial charge in [-0.25, -0.2) is 4.98 Å². The fourth-order valence-electron chi connectivity index (χ4n) is 3.57. The highest BCUT2D eigenvalue weighted by atomic mass is 35.5. The maximum Gasteiger partial charge on any atom is 0.125 e. The Hall–Kier alpha value is -1.22. The summed E-state index contributed by atoms with van der Waals surface area (Å²) < 4.78 is 7.76. The molecule has 1 heterocycles. The molecule has 2 unspecified atom stereocenters. The van der Waals surface area contributed by atoms with Crippen LogP contribution in [0.4, 0.5) is 0 Å². The van der Waals surface area contributed by atoms with Crippen molar-refractivity contribution in [2.45, 2.75) is 50.9 Å². The van der Waals surface area contributed by atoms with Gasteiger partial charge in [-0.15, -0.1) is 11.6 Å². The molecule has 114 valence electrons. The lowest BCUT2D eigenvalue weighted by molar-refractivity contribution is 0.335. The minimum absolute atomic E-state index is 0.459. The minimum Gasteiger partial charge on any atom is -0.497 e. The minimum atomic E-state index is 0.459. The van der Waals surface area contributed by atoms with Crippen molar-refractivity contribution < 1.29 is 4.74 Å². The van der Waals surface area contributed by atoms with E-state index < -0.39 is 0 Å². The molecule has 0 amide bonds. The predicted molar refractivity (Wildman–Crippen MR) is 87.1 cm³/mol. The first kappa shape index (κ1) is 14.7. The summed E-state index contributed by atoms with van der Waals surface area (Å²) in [6.45, 7) is 2.36. The number of hydrogen-bond donors (Lipinski definition) is 0. The van der Waals surface area contributed by atoms with Crippen LogP contribution < -0.4 is 4.74 Å². The van der Waals surface area contributed by atoms with Crippen LogP contribution in [0.5, 0.6) is 5.75 Å². The standard InChI is InChI=1S/C17H23ClN2O/c1-12-6-4-3-5-7-15(12)20-16-10-13(21-2)8-9-14(16)19-17(20)11-18/h8-10,12,15H,3-7,11H2,1-2H3. The van der Waals surface area contributed by atoms with Gasteiger partial charge in [0.25, 0.3) is 0 Å². The Balaban J connectivity index is 2.13. The lowest BCUT2D eigenvalue weighted by Crippen LogP contribution is -2.18. The number of fused-ring (bicyclic) bond motifs is 1. The highest BCUT2D eigenvalue weighted by molar-refractivity contribution is 6.16. The Labute approximate surface area is 131 Å². The van der Waals surface area contributed by atoms with Gasteiger partial charge in [0, 0.05) is 12.1 Å². The quantitative estimate of drug-likeness (QED) is 0.594. The average Bonchev–Trinajstić information content (AvgIpc) is 2.74. The second-order valence-electron chi connectivity index (χ2n) is 6.07. The lowest BCUT2D eigenvalue weighted by atomic mass is 9.96. The van der Waals surface area contributed by atoms with Crippen LogP contribution in [0.3, 0.4) is 0 Å². The Bertz CT molecular complexity index is 623. The van der Waals surface area contributed by atoms with Gasteiger partial charge in [-0.1, -0.05) is 26.2 Å². The highest BCUT2D eigenvalue weighted by Crippen LogP contribution is 2.36. The smallest absolute Gasteiger partial charge is 0.125 e. The predicted octanol–water partition coefficient (Wildman–Crippen LogP) is 4.93. The fourth-order valence-corrected chi connectivity index (χ4v) is 3.76. The van der Waals surface area contributed by atoms with Crippen molar-refractivity contribution in [3.63, 3.8) is 0 Å². The van der Waals surface area contributed by atoms with Gasteiger partial charge in [-0.05, 0) is 30.9 Å². The van der Waals surface area contributed by atoms with Crippen molar-refractivity contribution >= 4 is 22.6 Å². The van der Waals surface area contributed by atoms with Gasteiger partial charge in [-0.3, -0.25) is 0 Å². The summed E-state index contributed by atoms with van der Waals surface area (Å²) in [5, 5.41) is 0. The molecule has 0 spiro atoms. The molecule has 1 aliphatic rings. The Kier molecular flexibility index (Phi) is 4.39. The fraction of sp³-hybridized carbons (Fsp3) is 0.588. The number of alkyl halides is 1. The SMILES string of the molecule is COc1ccc2nc(CCl)n(C3CCCCCC3C)c2c1. The maximum absolute atomic E-state index is 6.17. The van der Waals surface area contributed by atoms with E-state index in [-0.39, 0.29) is 0 Å². The van der Waals surface area contributed by atoms with Gasteiger partial charge in [-0.2, -0.15) is 0 Å². The second kappa shape index (κ2) is 6.27. The number of benzene rings is 1. The molecule has 1 aromatic carbocycles. The van der Waals surface area contributed by atoms with Crippen LogP contribution in [0.25, 0.3) is 11.0 Å². The molecule has 1 saturated carbocycles. The van der Waals surface area contributed by atoms with Crippen LogP contribution in [0.1, 0.15) is 50.9 Å². The number of nitrogens with zero attached hydrogens (tertiary/aromatic N) is 2. The Morgan fingerprint density at radius 3 is 2.86 bits per heavy atom. The topological polar surface area (TPSA) is 27.1 Å². The van der Waals surface area contributed by atoms with E-state index in [2.05, 4.69) is 17.6 Å². The molecule has 4 heteroatoms. The van der Waals surface area contributed by atoms with Crippen molar-refractivity contribution in [1.29, 1.82) is 0 Å². The Morgan fingerprint density at radius 2 is 2.10 bits per heavy atom. The molecular formula is C17H23ClN2O. The third-order valence-corrected chi connectivity index (χ3v) is 4.98.